The number of rotatable bonds is 13. The van der Waals surface area contributed by atoms with Gasteiger partial charge in [-0.25, -0.2) is 13.2 Å². The zero-order chi connectivity index (χ0) is 30.3. The molecule has 0 saturated heterocycles. The van der Waals surface area contributed by atoms with Crippen molar-refractivity contribution in [3.05, 3.63) is 161 Å². The Morgan fingerprint density at radius 3 is 1.36 bits per heavy atom. The van der Waals surface area contributed by atoms with Gasteiger partial charge in [0, 0.05) is 17.1 Å². The average molecular weight is 598 g/mol. The zero-order valence-electron chi connectivity index (χ0n) is 23.6. The predicted octanol–water partition coefficient (Wildman–Crippen LogP) is 9.89. The Morgan fingerprint density at radius 1 is 0.477 bits per heavy atom. The second-order valence-corrected chi connectivity index (χ2v) is 10.3. The van der Waals surface area contributed by atoms with Crippen LogP contribution in [0.15, 0.2) is 135 Å². The van der Waals surface area contributed by atoms with Crippen LogP contribution < -0.4 is 16.0 Å². The Hall–Kier alpha value is -5.31. The summed E-state index contributed by atoms with van der Waals surface area (Å²) in [6.45, 7) is 0. The number of benzene rings is 3. The smallest absolute Gasteiger partial charge is 0.228 e. The van der Waals surface area contributed by atoms with E-state index in [1.165, 1.54) is 18.8 Å². The van der Waals surface area contributed by atoms with Crippen LogP contribution in [0.2, 0.25) is 0 Å². The first-order valence-corrected chi connectivity index (χ1v) is 14.1. The second-order valence-electron chi connectivity index (χ2n) is 10.3. The van der Waals surface area contributed by atoms with Crippen molar-refractivity contribution in [3.8, 4) is 0 Å². The molecule has 0 aliphatic carbocycles. The number of halogens is 3. The quantitative estimate of drug-likeness (QED) is 0.115. The van der Waals surface area contributed by atoms with Gasteiger partial charge in [0.15, 0.2) is 17.3 Å². The molecule has 0 saturated carbocycles. The number of nitrogens with one attached hydrogen (secondary N) is 3. The van der Waals surface area contributed by atoms with Gasteiger partial charge >= 0.3 is 0 Å². The molecule has 6 rings (SSSR count). The van der Waals surface area contributed by atoms with E-state index in [4.69, 9.17) is 13.3 Å². The van der Waals surface area contributed by atoms with Gasteiger partial charge in [-0.1, -0.05) is 36.4 Å². The molecule has 224 valence electrons. The number of hydrogen-bond acceptors (Lipinski definition) is 6. The molecule has 0 aliphatic heterocycles. The average Bonchev–Trinajstić information content (AvgIpc) is 3.85. The highest BCUT2D eigenvalue weighted by Gasteiger charge is 2.16. The fourth-order valence-electron chi connectivity index (χ4n) is 4.89. The molecule has 3 unspecified atom stereocenters. The molecule has 3 aromatic carbocycles. The van der Waals surface area contributed by atoms with Crippen LogP contribution in [0.1, 0.15) is 58.4 Å². The van der Waals surface area contributed by atoms with Crippen LogP contribution in [-0.2, 0) is 12.8 Å². The van der Waals surface area contributed by atoms with E-state index in [0.717, 1.165) is 22.3 Å². The normalized spacial score (nSPS) is 13.2. The van der Waals surface area contributed by atoms with Crippen LogP contribution in [0, 0.1) is 0 Å². The molecule has 3 atom stereocenters. The Balaban J connectivity index is 1.17. The van der Waals surface area contributed by atoms with Gasteiger partial charge in [-0.3, -0.25) is 0 Å². The second kappa shape index (κ2) is 13.3. The molecule has 44 heavy (non-hydrogen) atoms. The first-order chi connectivity index (χ1) is 21.5. The van der Waals surface area contributed by atoms with Gasteiger partial charge in [0.25, 0.3) is 0 Å². The summed E-state index contributed by atoms with van der Waals surface area (Å²) in [5, 5.41) is 8.50. The van der Waals surface area contributed by atoms with Crippen molar-refractivity contribution in [2.75, 3.05) is 16.0 Å². The Kier molecular flexibility index (Phi) is 8.72. The summed E-state index contributed by atoms with van der Waals surface area (Å²) in [6.07, 6.45) is 0.985. The van der Waals surface area contributed by atoms with Gasteiger partial charge in [0.2, 0.25) is 18.9 Å². The highest BCUT2D eigenvalue weighted by molar-refractivity contribution is 5.57. The van der Waals surface area contributed by atoms with E-state index in [-0.39, 0.29) is 17.3 Å². The Labute approximate surface area is 252 Å². The summed E-state index contributed by atoms with van der Waals surface area (Å²) in [5.74, 6) is 0.596. The lowest BCUT2D eigenvalue weighted by Crippen LogP contribution is -2.08. The number of anilines is 3. The first kappa shape index (κ1) is 28.8. The lowest BCUT2D eigenvalue weighted by molar-refractivity contribution is 0.319. The van der Waals surface area contributed by atoms with Gasteiger partial charge < -0.3 is 29.2 Å². The van der Waals surface area contributed by atoms with Crippen LogP contribution in [0.5, 0.6) is 0 Å². The van der Waals surface area contributed by atoms with Crippen LogP contribution in [-0.4, -0.2) is 0 Å². The predicted molar refractivity (Wildman–Crippen MR) is 163 cm³/mol. The van der Waals surface area contributed by atoms with Crippen molar-refractivity contribution in [1.29, 1.82) is 0 Å². The van der Waals surface area contributed by atoms with Crippen LogP contribution >= 0.6 is 0 Å². The molecular weight excluding hydrogens is 567 g/mol. The number of alkyl halides is 3. The largest absolute Gasteiger partial charge is 0.464 e. The maximum Gasteiger partial charge on any atom is 0.228 e. The minimum Gasteiger partial charge on any atom is -0.464 e. The molecule has 0 spiro atoms. The topological polar surface area (TPSA) is 75.5 Å². The Morgan fingerprint density at radius 2 is 0.909 bits per heavy atom. The van der Waals surface area contributed by atoms with Crippen LogP contribution in [0.4, 0.5) is 30.2 Å². The van der Waals surface area contributed by atoms with E-state index in [2.05, 4.69) is 16.0 Å². The molecule has 3 N–H and O–H groups in total. The monoisotopic (exact) mass is 597 g/mol. The van der Waals surface area contributed by atoms with E-state index in [9.17, 15) is 8.78 Å². The molecule has 0 aliphatic rings. The summed E-state index contributed by atoms with van der Waals surface area (Å²) >= 11 is 0. The summed E-state index contributed by atoms with van der Waals surface area (Å²) in [6, 6.07) is 30.4. The molecular formula is C35H30F3N3O3. The van der Waals surface area contributed by atoms with E-state index >= 15 is 4.39 Å². The molecule has 0 radical (unpaired) electrons. The lowest BCUT2D eigenvalue weighted by Gasteiger charge is -2.17. The van der Waals surface area contributed by atoms with Crippen molar-refractivity contribution in [1.82, 2.24) is 0 Å². The van der Waals surface area contributed by atoms with E-state index in [0.29, 0.717) is 29.9 Å². The van der Waals surface area contributed by atoms with Gasteiger partial charge in [0.1, 0.15) is 0 Å². The third kappa shape index (κ3) is 7.18. The van der Waals surface area contributed by atoms with Crippen molar-refractivity contribution < 1.29 is 26.4 Å². The van der Waals surface area contributed by atoms with E-state index in [1.807, 2.05) is 54.6 Å². The summed E-state index contributed by atoms with van der Waals surface area (Å²) in [5.41, 5.74) is 5.77. The van der Waals surface area contributed by atoms with E-state index in [1.54, 1.807) is 48.5 Å². The molecule has 6 nitrogen and oxygen atoms in total. The summed E-state index contributed by atoms with van der Waals surface area (Å²) in [4.78, 5) is 0. The van der Waals surface area contributed by atoms with Gasteiger partial charge in [0.05, 0.1) is 18.8 Å². The van der Waals surface area contributed by atoms with Gasteiger partial charge in [-0.15, -0.1) is 0 Å². The maximum atomic E-state index is 15.0. The van der Waals surface area contributed by atoms with Crippen molar-refractivity contribution in [2.45, 2.75) is 31.7 Å². The van der Waals surface area contributed by atoms with Crippen LogP contribution in [0.25, 0.3) is 0 Å². The molecule has 0 bridgehead atoms. The lowest BCUT2D eigenvalue weighted by atomic mass is 9.97. The maximum absolute atomic E-state index is 15.0. The fourth-order valence-corrected chi connectivity index (χ4v) is 4.89. The third-order valence-corrected chi connectivity index (χ3v) is 7.13. The number of hydrogen-bond donors (Lipinski definition) is 3. The van der Waals surface area contributed by atoms with Crippen molar-refractivity contribution in [3.63, 3.8) is 0 Å². The molecule has 0 amide bonds. The Bertz CT molecular complexity index is 1720. The highest BCUT2D eigenvalue weighted by atomic mass is 19.1. The minimum atomic E-state index is -1.52. The highest BCUT2D eigenvalue weighted by Crippen LogP contribution is 2.29. The molecule has 3 aromatic heterocycles. The fraction of sp³-hybridized carbons (Fsp3) is 0.143. The van der Waals surface area contributed by atoms with Gasteiger partial charge in [-0.05, 0) is 102 Å². The molecule has 0 fully saturated rings. The zero-order valence-corrected chi connectivity index (χ0v) is 23.6. The summed E-state index contributed by atoms with van der Waals surface area (Å²) in [7, 11) is 0. The number of furan rings is 3. The molecule has 6 aromatic rings. The SMILES string of the molecule is FC(Nc1ccc(Cc2ccc(NC(F)c3ccco3)c(Cc3ccc(NC(F)c4ccco4)cc3)c2)cc1)c1ccco1. The van der Waals surface area contributed by atoms with Crippen molar-refractivity contribution in [2.24, 2.45) is 0 Å². The van der Waals surface area contributed by atoms with Crippen LogP contribution in [0.3, 0.4) is 0 Å². The minimum absolute atomic E-state index is 0.184. The summed E-state index contributed by atoms with van der Waals surface area (Å²) < 4.78 is 59.4. The standard InChI is InChI=1S/C35H30F3N3O3/c36-33(30-4-1-17-42-30)39-27-12-7-23(8-13-27)20-25-11-16-29(41-35(38)32-6-3-19-44-32)26(22-25)21-24-9-14-28(15-10-24)40-34(37)31-5-2-18-43-31/h1-19,22,33-35,39-41H,20-21H2. The first-order valence-electron chi connectivity index (χ1n) is 14.1. The van der Waals surface area contributed by atoms with Gasteiger partial charge in [-0.2, -0.15) is 0 Å². The molecule has 9 heteroatoms. The third-order valence-electron chi connectivity index (χ3n) is 7.13. The molecule has 3 heterocycles. The van der Waals surface area contributed by atoms with Crippen molar-refractivity contribution >= 4 is 17.1 Å². The van der Waals surface area contributed by atoms with E-state index < -0.39 is 18.9 Å².